The van der Waals surface area contributed by atoms with Crippen LogP contribution in [-0.2, 0) is 9.47 Å². The second-order valence-electron chi connectivity index (χ2n) is 8.22. The number of benzene rings is 3. The minimum Gasteiger partial charge on any atom is -0.500 e. The summed E-state index contributed by atoms with van der Waals surface area (Å²) in [4.78, 5) is 0. The fourth-order valence-corrected chi connectivity index (χ4v) is 4.00. The maximum atomic E-state index is 14.9. The summed E-state index contributed by atoms with van der Waals surface area (Å²) in [5.41, 5.74) is 2.40. The molecule has 0 atom stereocenters. The zero-order valence-electron chi connectivity index (χ0n) is 19.0. The Morgan fingerprint density at radius 2 is 1.59 bits per heavy atom. The number of hydrogen-bond donors (Lipinski definition) is 0. The van der Waals surface area contributed by atoms with E-state index in [0.29, 0.717) is 29.9 Å². The van der Waals surface area contributed by atoms with Gasteiger partial charge in [-0.15, -0.1) is 6.58 Å². The van der Waals surface area contributed by atoms with Crippen molar-refractivity contribution in [1.29, 1.82) is 0 Å². The van der Waals surface area contributed by atoms with E-state index in [9.17, 15) is 13.2 Å². The summed E-state index contributed by atoms with van der Waals surface area (Å²) in [6, 6.07) is 14.6. The molecule has 4 rings (SSSR count). The smallest absolute Gasteiger partial charge is 0.201 e. The highest BCUT2D eigenvalue weighted by atomic mass is 19.2. The molecule has 0 amide bonds. The molecule has 7 heteroatoms. The van der Waals surface area contributed by atoms with Crippen molar-refractivity contribution >= 4 is 7.85 Å². The van der Waals surface area contributed by atoms with E-state index in [1.54, 1.807) is 44.2 Å². The molecule has 176 valence electrons. The molecule has 0 unspecified atom stereocenters. The number of ether oxygens (including phenoxy) is 3. The van der Waals surface area contributed by atoms with Crippen LogP contribution in [0.15, 0.2) is 67.3 Å². The lowest BCUT2D eigenvalue weighted by molar-refractivity contribution is -0.207. The summed E-state index contributed by atoms with van der Waals surface area (Å²) in [6.45, 7) is 5.00. The van der Waals surface area contributed by atoms with Gasteiger partial charge in [0.25, 0.3) is 0 Å². The van der Waals surface area contributed by atoms with Crippen LogP contribution in [0, 0.1) is 23.4 Å². The van der Waals surface area contributed by atoms with Crippen LogP contribution in [0.5, 0.6) is 5.75 Å². The van der Waals surface area contributed by atoms with Crippen molar-refractivity contribution in [1.82, 2.24) is 0 Å². The maximum absolute atomic E-state index is 14.9. The molecule has 1 aliphatic rings. The van der Waals surface area contributed by atoms with Gasteiger partial charge in [0, 0.05) is 17.0 Å². The number of allylic oxidation sites excluding steroid dienone is 1. The van der Waals surface area contributed by atoms with Crippen LogP contribution in [0.25, 0.3) is 22.3 Å². The predicted molar refractivity (Wildman–Crippen MR) is 129 cm³/mol. The van der Waals surface area contributed by atoms with E-state index >= 15 is 0 Å². The Labute approximate surface area is 198 Å². The summed E-state index contributed by atoms with van der Waals surface area (Å²) in [7, 11) is 1.70. The highest BCUT2D eigenvalue weighted by molar-refractivity contribution is 6.08. The van der Waals surface area contributed by atoms with Gasteiger partial charge in [-0.25, -0.2) is 8.78 Å². The summed E-state index contributed by atoms with van der Waals surface area (Å²) in [6.07, 6.45) is 2.96. The normalized spacial score (nSPS) is 18.0. The molecule has 0 radical (unpaired) electrons. The van der Waals surface area contributed by atoms with Crippen LogP contribution >= 0.6 is 0 Å². The molecule has 1 heterocycles. The summed E-state index contributed by atoms with van der Waals surface area (Å²) >= 11 is 0. The SMILES string of the molecule is BCOc1ccc(-c2ccc(-c3ccc(C4OCC(CCC=C)CO4)c(F)c3)cc2)c(F)c1F. The van der Waals surface area contributed by atoms with Crippen molar-refractivity contribution in [3.05, 3.63) is 90.3 Å². The molecule has 34 heavy (non-hydrogen) atoms. The Morgan fingerprint density at radius 3 is 2.24 bits per heavy atom. The Balaban J connectivity index is 1.48. The molecule has 0 spiro atoms. The van der Waals surface area contributed by atoms with Gasteiger partial charge in [0.1, 0.15) is 5.82 Å². The van der Waals surface area contributed by atoms with E-state index in [1.807, 2.05) is 6.08 Å². The van der Waals surface area contributed by atoms with E-state index in [0.717, 1.165) is 18.4 Å². The molecule has 3 aromatic rings. The molecular formula is C27H26BF3O3. The van der Waals surface area contributed by atoms with Gasteiger partial charge in [-0.05, 0) is 47.7 Å². The van der Waals surface area contributed by atoms with Gasteiger partial charge in [0.05, 0.1) is 19.7 Å². The average molecular weight is 466 g/mol. The predicted octanol–water partition coefficient (Wildman–Crippen LogP) is 6.04. The maximum Gasteiger partial charge on any atom is 0.201 e. The molecule has 0 bridgehead atoms. The third-order valence-electron chi connectivity index (χ3n) is 5.88. The van der Waals surface area contributed by atoms with Crippen LogP contribution in [0.2, 0.25) is 0 Å². The number of rotatable bonds is 8. The zero-order valence-corrected chi connectivity index (χ0v) is 19.0. The molecule has 1 saturated heterocycles. The standard InChI is InChI=1S/C27H26BF3O3/c1-2-3-4-17-14-32-27(33-15-17)22-10-9-20(13-23(22)29)18-5-7-19(8-6-18)21-11-12-24(34-16-28)26(31)25(21)30/h2,5-13,17,27H,1,3-4,14-16,28H2. The van der Waals surface area contributed by atoms with Gasteiger partial charge in [0.15, 0.2) is 25.7 Å². The molecule has 0 aliphatic carbocycles. The Hall–Kier alpha value is -3.03. The Morgan fingerprint density at radius 1 is 0.912 bits per heavy atom. The summed E-state index contributed by atoms with van der Waals surface area (Å²) in [5.74, 6) is -2.23. The van der Waals surface area contributed by atoms with Crippen LogP contribution in [0.1, 0.15) is 24.7 Å². The fourth-order valence-electron chi connectivity index (χ4n) is 4.00. The lowest BCUT2D eigenvalue weighted by atomic mass is 9.98. The van der Waals surface area contributed by atoms with Crippen molar-refractivity contribution in [3.63, 3.8) is 0 Å². The van der Waals surface area contributed by atoms with Crippen molar-refractivity contribution in [2.24, 2.45) is 5.92 Å². The minimum atomic E-state index is -1.01. The Bertz CT molecular complexity index is 1140. The van der Waals surface area contributed by atoms with E-state index in [-0.39, 0.29) is 23.7 Å². The minimum absolute atomic E-state index is 0.117. The second-order valence-corrected chi connectivity index (χ2v) is 8.22. The van der Waals surface area contributed by atoms with E-state index in [1.165, 1.54) is 18.2 Å². The highest BCUT2D eigenvalue weighted by Crippen LogP contribution is 2.33. The zero-order chi connectivity index (χ0) is 24.1. The molecule has 3 aromatic carbocycles. The Kier molecular flexibility index (Phi) is 7.75. The van der Waals surface area contributed by atoms with Gasteiger partial charge in [-0.3, -0.25) is 0 Å². The monoisotopic (exact) mass is 466 g/mol. The number of halogens is 3. The van der Waals surface area contributed by atoms with Crippen molar-refractivity contribution in [2.45, 2.75) is 19.1 Å². The fraction of sp³-hybridized carbons (Fsp3) is 0.259. The third-order valence-corrected chi connectivity index (χ3v) is 5.88. The van der Waals surface area contributed by atoms with E-state index < -0.39 is 23.7 Å². The first-order valence-electron chi connectivity index (χ1n) is 11.4. The largest absolute Gasteiger partial charge is 0.500 e. The van der Waals surface area contributed by atoms with Crippen LogP contribution in [0.3, 0.4) is 0 Å². The van der Waals surface area contributed by atoms with Crippen molar-refractivity contribution in [2.75, 3.05) is 19.7 Å². The van der Waals surface area contributed by atoms with Crippen LogP contribution in [0.4, 0.5) is 13.2 Å². The molecule has 0 N–H and O–H groups in total. The molecule has 0 saturated carbocycles. The van der Waals surface area contributed by atoms with Crippen molar-refractivity contribution < 1.29 is 27.4 Å². The molecule has 1 aliphatic heterocycles. The van der Waals surface area contributed by atoms with Crippen LogP contribution < -0.4 is 4.74 Å². The van der Waals surface area contributed by atoms with Gasteiger partial charge >= 0.3 is 0 Å². The molecule has 0 aromatic heterocycles. The third kappa shape index (κ3) is 5.21. The lowest BCUT2D eigenvalue weighted by Gasteiger charge is -2.29. The van der Waals surface area contributed by atoms with Crippen LogP contribution in [-0.4, -0.2) is 27.6 Å². The quantitative estimate of drug-likeness (QED) is 0.300. The first-order chi connectivity index (χ1) is 16.5. The summed E-state index contributed by atoms with van der Waals surface area (Å²) in [5, 5.41) is 0. The molecule has 3 nitrogen and oxygen atoms in total. The van der Waals surface area contributed by atoms with E-state index in [4.69, 9.17) is 14.2 Å². The second kappa shape index (κ2) is 10.9. The highest BCUT2D eigenvalue weighted by Gasteiger charge is 2.25. The van der Waals surface area contributed by atoms with Crippen molar-refractivity contribution in [3.8, 4) is 28.0 Å². The first-order valence-corrected chi connectivity index (χ1v) is 11.4. The van der Waals surface area contributed by atoms with Gasteiger partial charge in [-0.1, -0.05) is 42.5 Å². The van der Waals surface area contributed by atoms with E-state index in [2.05, 4.69) is 6.58 Å². The van der Waals surface area contributed by atoms with Gasteiger partial charge in [0.2, 0.25) is 5.82 Å². The molecule has 1 fully saturated rings. The lowest BCUT2D eigenvalue weighted by Crippen LogP contribution is -2.27. The van der Waals surface area contributed by atoms with Gasteiger partial charge < -0.3 is 14.2 Å². The first kappa shape index (κ1) is 24.1. The van der Waals surface area contributed by atoms with Gasteiger partial charge in [-0.2, -0.15) is 4.39 Å². The molecular weight excluding hydrogens is 440 g/mol. The topological polar surface area (TPSA) is 27.7 Å². The summed E-state index contributed by atoms with van der Waals surface area (Å²) < 4.78 is 60.2. The average Bonchev–Trinajstić information content (AvgIpc) is 2.86. The number of hydrogen-bond acceptors (Lipinski definition) is 3.